The van der Waals surface area contributed by atoms with Crippen LogP contribution in [0.2, 0.25) is 0 Å². The summed E-state index contributed by atoms with van der Waals surface area (Å²) in [4.78, 5) is 29.7. The van der Waals surface area contributed by atoms with Gasteiger partial charge in [0.2, 0.25) is 10.0 Å². The molecule has 32 heavy (non-hydrogen) atoms. The number of rotatable bonds is 6. The van der Waals surface area contributed by atoms with Crippen LogP contribution in [0.3, 0.4) is 0 Å². The second kappa shape index (κ2) is 9.09. The zero-order chi connectivity index (χ0) is 22.7. The van der Waals surface area contributed by atoms with E-state index in [2.05, 4.69) is 10.3 Å². The molecule has 9 nitrogen and oxygen atoms in total. The number of hydrogen-bond acceptors (Lipinski definition) is 6. The van der Waals surface area contributed by atoms with Crippen molar-refractivity contribution in [2.75, 3.05) is 6.61 Å². The number of fused-ring (bicyclic) bond motifs is 2. The third-order valence-electron chi connectivity index (χ3n) is 5.40. The minimum Gasteiger partial charge on any atom is -0.484 e. The molecule has 0 atom stereocenters. The SMILES string of the molecule is NS(=O)(=O)c1ccc(CNC(=O)COc2ccc3nc4n(c(=O)c3c2)CCCCC4)cc1. The van der Waals surface area contributed by atoms with Crippen LogP contribution < -0.4 is 20.8 Å². The Kier molecular flexibility index (Phi) is 6.24. The lowest BCUT2D eigenvalue weighted by Gasteiger charge is -2.11. The highest BCUT2D eigenvalue weighted by atomic mass is 32.2. The summed E-state index contributed by atoms with van der Waals surface area (Å²) in [6.07, 6.45) is 3.87. The minimum atomic E-state index is -3.75. The summed E-state index contributed by atoms with van der Waals surface area (Å²) in [5.41, 5.74) is 1.27. The number of hydrogen-bond donors (Lipinski definition) is 2. The normalized spacial score (nSPS) is 13.9. The number of nitrogens with one attached hydrogen (secondary N) is 1. The first-order valence-corrected chi connectivity index (χ1v) is 11.9. The average Bonchev–Trinajstić information content (AvgIpc) is 3.02. The summed E-state index contributed by atoms with van der Waals surface area (Å²) in [5, 5.41) is 8.25. The van der Waals surface area contributed by atoms with Gasteiger partial charge in [-0.05, 0) is 48.7 Å². The number of amides is 1. The molecular formula is C22H24N4O5S. The molecule has 0 spiro atoms. The summed E-state index contributed by atoms with van der Waals surface area (Å²) in [6, 6.07) is 11.0. The lowest BCUT2D eigenvalue weighted by Crippen LogP contribution is -2.28. The van der Waals surface area contributed by atoms with Crippen molar-refractivity contribution in [2.45, 2.75) is 43.7 Å². The van der Waals surface area contributed by atoms with E-state index in [-0.39, 0.29) is 29.5 Å². The maximum absolute atomic E-state index is 12.9. The minimum absolute atomic E-state index is 0.00879. The molecule has 0 unspecified atom stereocenters. The van der Waals surface area contributed by atoms with Gasteiger partial charge in [0.1, 0.15) is 11.6 Å². The first-order valence-electron chi connectivity index (χ1n) is 10.4. The van der Waals surface area contributed by atoms with E-state index < -0.39 is 10.0 Å². The van der Waals surface area contributed by atoms with Crippen LogP contribution in [0, 0.1) is 0 Å². The largest absolute Gasteiger partial charge is 0.484 e. The Balaban J connectivity index is 1.39. The van der Waals surface area contributed by atoms with E-state index in [1.165, 1.54) is 12.1 Å². The Morgan fingerprint density at radius 1 is 1.12 bits per heavy atom. The summed E-state index contributed by atoms with van der Waals surface area (Å²) >= 11 is 0. The molecule has 0 aliphatic carbocycles. The van der Waals surface area contributed by atoms with Crippen LogP contribution in [0.5, 0.6) is 5.75 Å². The van der Waals surface area contributed by atoms with Crippen LogP contribution in [-0.2, 0) is 34.3 Å². The monoisotopic (exact) mass is 456 g/mol. The molecule has 10 heteroatoms. The number of aromatic nitrogens is 2. The van der Waals surface area contributed by atoms with Crippen molar-refractivity contribution in [2.24, 2.45) is 5.14 Å². The smallest absolute Gasteiger partial charge is 0.261 e. The van der Waals surface area contributed by atoms with Crippen molar-refractivity contribution in [1.29, 1.82) is 0 Å². The molecule has 1 amide bonds. The van der Waals surface area contributed by atoms with Gasteiger partial charge in [-0.2, -0.15) is 0 Å². The van der Waals surface area contributed by atoms with Crippen LogP contribution in [-0.4, -0.2) is 30.5 Å². The number of nitrogens with two attached hydrogens (primary N) is 1. The number of carbonyl (C=O) groups excluding carboxylic acids is 1. The van der Waals surface area contributed by atoms with Crippen LogP contribution in [0.4, 0.5) is 0 Å². The van der Waals surface area contributed by atoms with Crippen LogP contribution in [0.25, 0.3) is 10.9 Å². The molecule has 0 bridgehead atoms. The standard InChI is InChI=1S/C22H24N4O5S/c23-32(29,30)17-8-5-15(6-9-17)13-24-21(27)14-31-16-7-10-19-18(12-16)22(28)26-11-3-1-2-4-20(26)25-19/h5-10,12H,1-4,11,13-14H2,(H,24,27)(H2,23,29,30). The van der Waals surface area contributed by atoms with Crippen molar-refractivity contribution in [3.8, 4) is 5.75 Å². The van der Waals surface area contributed by atoms with Gasteiger partial charge < -0.3 is 10.1 Å². The second-order valence-electron chi connectivity index (χ2n) is 7.73. The molecular weight excluding hydrogens is 432 g/mol. The zero-order valence-electron chi connectivity index (χ0n) is 17.4. The van der Waals surface area contributed by atoms with Crippen LogP contribution in [0.1, 0.15) is 30.7 Å². The van der Waals surface area contributed by atoms with E-state index in [0.717, 1.165) is 37.1 Å². The number of nitrogens with zero attached hydrogens (tertiary/aromatic N) is 2. The molecule has 0 saturated heterocycles. The molecule has 0 radical (unpaired) electrons. The van der Waals surface area contributed by atoms with E-state index in [1.807, 2.05) is 0 Å². The highest BCUT2D eigenvalue weighted by molar-refractivity contribution is 7.89. The third-order valence-corrected chi connectivity index (χ3v) is 6.33. The summed E-state index contributed by atoms with van der Waals surface area (Å²) in [6.45, 7) is 0.658. The maximum atomic E-state index is 12.9. The Labute approximate surface area is 185 Å². The van der Waals surface area contributed by atoms with Gasteiger partial charge in [-0.25, -0.2) is 18.5 Å². The molecule has 1 aliphatic rings. The highest BCUT2D eigenvalue weighted by Gasteiger charge is 2.14. The summed E-state index contributed by atoms with van der Waals surface area (Å²) < 4.78 is 29.9. The fourth-order valence-electron chi connectivity index (χ4n) is 3.68. The van der Waals surface area contributed by atoms with Gasteiger partial charge in [-0.3, -0.25) is 14.2 Å². The third kappa shape index (κ3) is 4.97. The van der Waals surface area contributed by atoms with Crippen molar-refractivity contribution in [3.05, 3.63) is 64.2 Å². The summed E-state index contributed by atoms with van der Waals surface area (Å²) in [5.74, 6) is 0.890. The fraction of sp³-hybridized carbons (Fsp3) is 0.318. The van der Waals surface area contributed by atoms with Gasteiger partial charge in [0, 0.05) is 19.5 Å². The Morgan fingerprint density at radius 2 is 1.91 bits per heavy atom. The molecule has 3 aromatic rings. The van der Waals surface area contributed by atoms with E-state index in [1.54, 1.807) is 34.9 Å². The Bertz CT molecular complexity index is 1320. The van der Waals surface area contributed by atoms with Gasteiger partial charge >= 0.3 is 0 Å². The average molecular weight is 457 g/mol. The molecule has 2 aromatic carbocycles. The van der Waals surface area contributed by atoms with Crippen molar-refractivity contribution in [1.82, 2.24) is 14.9 Å². The molecule has 4 rings (SSSR count). The van der Waals surface area contributed by atoms with E-state index >= 15 is 0 Å². The molecule has 0 fully saturated rings. The first-order chi connectivity index (χ1) is 15.3. The van der Waals surface area contributed by atoms with Gasteiger partial charge in [-0.1, -0.05) is 18.6 Å². The van der Waals surface area contributed by atoms with E-state index in [0.29, 0.717) is 23.2 Å². The highest BCUT2D eigenvalue weighted by Crippen LogP contribution is 2.19. The molecule has 3 N–H and O–H groups in total. The van der Waals surface area contributed by atoms with Crippen molar-refractivity contribution >= 4 is 26.8 Å². The molecule has 2 heterocycles. The fourth-order valence-corrected chi connectivity index (χ4v) is 4.20. The molecule has 1 aromatic heterocycles. The van der Waals surface area contributed by atoms with Gasteiger partial charge in [0.15, 0.2) is 6.61 Å². The maximum Gasteiger partial charge on any atom is 0.261 e. The number of ether oxygens (including phenoxy) is 1. The van der Waals surface area contributed by atoms with Gasteiger partial charge in [-0.15, -0.1) is 0 Å². The molecule has 0 saturated carbocycles. The molecule has 1 aliphatic heterocycles. The van der Waals surface area contributed by atoms with Gasteiger partial charge in [0.05, 0.1) is 15.8 Å². The van der Waals surface area contributed by atoms with Crippen molar-refractivity contribution in [3.63, 3.8) is 0 Å². The Hall–Kier alpha value is -3.24. The van der Waals surface area contributed by atoms with Crippen LogP contribution in [0.15, 0.2) is 52.2 Å². The predicted octanol–water partition coefficient (Wildman–Crippen LogP) is 1.47. The molecule has 168 valence electrons. The predicted molar refractivity (Wildman–Crippen MR) is 119 cm³/mol. The number of primary sulfonamides is 1. The van der Waals surface area contributed by atoms with Gasteiger partial charge in [0.25, 0.3) is 11.5 Å². The topological polar surface area (TPSA) is 133 Å². The lowest BCUT2D eigenvalue weighted by molar-refractivity contribution is -0.123. The first kappa shape index (κ1) is 22.0. The quantitative estimate of drug-likeness (QED) is 0.577. The Morgan fingerprint density at radius 3 is 2.66 bits per heavy atom. The van der Waals surface area contributed by atoms with Crippen molar-refractivity contribution < 1.29 is 17.9 Å². The van der Waals surface area contributed by atoms with E-state index in [9.17, 15) is 18.0 Å². The second-order valence-corrected chi connectivity index (χ2v) is 9.29. The lowest BCUT2D eigenvalue weighted by atomic mass is 10.2. The summed E-state index contributed by atoms with van der Waals surface area (Å²) in [7, 11) is -3.75. The number of benzene rings is 2. The number of aryl methyl sites for hydroxylation is 1. The van der Waals surface area contributed by atoms with Crippen LogP contribution >= 0.6 is 0 Å². The number of carbonyl (C=O) groups is 1. The number of sulfonamides is 1. The zero-order valence-corrected chi connectivity index (χ0v) is 18.2. The van der Waals surface area contributed by atoms with E-state index in [4.69, 9.17) is 9.88 Å².